The summed E-state index contributed by atoms with van der Waals surface area (Å²) in [5.41, 5.74) is 6.22. The Morgan fingerprint density at radius 3 is 2.63 bits per heavy atom. The Labute approximate surface area is 128 Å². The summed E-state index contributed by atoms with van der Waals surface area (Å²) in [5, 5.41) is 0. The zero-order valence-corrected chi connectivity index (χ0v) is 14.0. The first kappa shape index (κ1) is 15.4. The molecule has 0 radical (unpaired) electrons. The maximum Gasteiger partial charge on any atom is 0.0702 e. The molecule has 0 saturated carbocycles. The SMILES string of the molecule is CCOC1CCN(C(c2ccc(Br)s2)C(C)N)CC1. The fraction of sp³-hybridized carbons (Fsp3) is 0.714. The lowest BCUT2D eigenvalue weighted by Crippen LogP contribution is -2.44. The molecule has 5 heteroatoms. The molecular weight excluding hydrogens is 324 g/mol. The van der Waals surface area contributed by atoms with Crippen molar-refractivity contribution in [2.75, 3.05) is 19.7 Å². The highest BCUT2D eigenvalue weighted by atomic mass is 79.9. The van der Waals surface area contributed by atoms with Crippen molar-refractivity contribution >= 4 is 27.3 Å². The topological polar surface area (TPSA) is 38.5 Å². The lowest BCUT2D eigenvalue weighted by atomic mass is 10.0. The van der Waals surface area contributed by atoms with Crippen LogP contribution in [0.15, 0.2) is 15.9 Å². The van der Waals surface area contributed by atoms with Crippen LogP contribution in [0.25, 0.3) is 0 Å². The molecule has 1 fully saturated rings. The molecule has 0 aromatic carbocycles. The van der Waals surface area contributed by atoms with E-state index < -0.39 is 0 Å². The van der Waals surface area contributed by atoms with Crippen LogP contribution in [0.5, 0.6) is 0 Å². The van der Waals surface area contributed by atoms with E-state index >= 15 is 0 Å². The number of nitrogens with zero attached hydrogens (tertiary/aromatic N) is 1. The summed E-state index contributed by atoms with van der Waals surface area (Å²) in [7, 11) is 0. The fourth-order valence-corrected chi connectivity index (χ4v) is 4.49. The third kappa shape index (κ3) is 4.02. The molecule has 1 aliphatic rings. The standard InChI is InChI=1S/C14H23BrN2OS/c1-3-18-11-6-8-17(9-7-11)14(10(2)16)12-4-5-13(15)19-12/h4-5,10-11,14H,3,6-9,16H2,1-2H3. The molecule has 2 atom stereocenters. The summed E-state index contributed by atoms with van der Waals surface area (Å²) in [4.78, 5) is 3.87. The number of rotatable bonds is 5. The minimum Gasteiger partial charge on any atom is -0.378 e. The third-order valence-electron chi connectivity index (χ3n) is 3.66. The van der Waals surface area contributed by atoms with E-state index in [1.165, 1.54) is 8.66 Å². The maximum absolute atomic E-state index is 6.22. The Balaban J connectivity index is 2.01. The van der Waals surface area contributed by atoms with E-state index in [9.17, 15) is 0 Å². The van der Waals surface area contributed by atoms with Gasteiger partial charge in [0.25, 0.3) is 0 Å². The number of hydrogen-bond donors (Lipinski definition) is 1. The van der Waals surface area contributed by atoms with Gasteiger partial charge in [-0.3, -0.25) is 4.90 Å². The second-order valence-corrected chi connectivity index (χ2v) is 7.63. The van der Waals surface area contributed by atoms with Crippen molar-refractivity contribution < 1.29 is 4.74 Å². The highest BCUT2D eigenvalue weighted by molar-refractivity contribution is 9.11. The lowest BCUT2D eigenvalue weighted by Gasteiger charge is -2.38. The van der Waals surface area contributed by atoms with Gasteiger partial charge in [-0.2, -0.15) is 0 Å². The normalized spacial score (nSPS) is 21.5. The second-order valence-electron chi connectivity index (χ2n) is 5.14. The van der Waals surface area contributed by atoms with Gasteiger partial charge in [-0.05, 0) is 54.8 Å². The Morgan fingerprint density at radius 2 is 2.16 bits per heavy atom. The van der Waals surface area contributed by atoms with Crippen molar-refractivity contribution in [3.63, 3.8) is 0 Å². The van der Waals surface area contributed by atoms with Crippen LogP contribution in [0.2, 0.25) is 0 Å². The summed E-state index contributed by atoms with van der Waals surface area (Å²) in [6.45, 7) is 7.14. The molecule has 1 aromatic rings. The zero-order chi connectivity index (χ0) is 13.8. The Hall–Kier alpha value is 0.0600. The highest BCUT2D eigenvalue weighted by Crippen LogP contribution is 2.34. The first-order chi connectivity index (χ1) is 9.11. The van der Waals surface area contributed by atoms with Crippen LogP contribution in [0, 0.1) is 0 Å². The van der Waals surface area contributed by atoms with Crippen molar-refractivity contribution in [1.82, 2.24) is 4.90 Å². The Kier molecular flexibility index (Phi) is 5.84. The average molecular weight is 347 g/mol. The summed E-state index contributed by atoms with van der Waals surface area (Å²) < 4.78 is 6.90. The smallest absolute Gasteiger partial charge is 0.0702 e. The van der Waals surface area contributed by atoms with Gasteiger partial charge in [0.2, 0.25) is 0 Å². The van der Waals surface area contributed by atoms with Gasteiger partial charge in [-0.15, -0.1) is 11.3 Å². The summed E-state index contributed by atoms with van der Waals surface area (Å²) >= 11 is 5.34. The zero-order valence-electron chi connectivity index (χ0n) is 11.6. The number of thiophene rings is 1. The van der Waals surface area contributed by atoms with Crippen molar-refractivity contribution in [3.8, 4) is 0 Å². The molecular formula is C14H23BrN2OS. The van der Waals surface area contributed by atoms with E-state index in [1.807, 2.05) is 0 Å². The monoisotopic (exact) mass is 346 g/mol. The average Bonchev–Trinajstić information content (AvgIpc) is 2.78. The van der Waals surface area contributed by atoms with Gasteiger partial charge in [0, 0.05) is 30.6 Å². The summed E-state index contributed by atoms with van der Waals surface area (Å²) in [6, 6.07) is 4.78. The largest absolute Gasteiger partial charge is 0.378 e. The molecule has 1 aromatic heterocycles. The van der Waals surface area contributed by atoms with Crippen molar-refractivity contribution in [3.05, 3.63) is 20.8 Å². The van der Waals surface area contributed by atoms with Gasteiger partial charge >= 0.3 is 0 Å². The van der Waals surface area contributed by atoms with E-state index in [2.05, 4.69) is 46.8 Å². The van der Waals surface area contributed by atoms with Crippen molar-refractivity contribution in [2.24, 2.45) is 5.73 Å². The van der Waals surface area contributed by atoms with E-state index in [0.29, 0.717) is 12.1 Å². The number of nitrogens with two attached hydrogens (primary N) is 1. The molecule has 19 heavy (non-hydrogen) atoms. The molecule has 2 N–H and O–H groups in total. The van der Waals surface area contributed by atoms with Gasteiger partial charge in [0.05, 0.1) is 15.9 Å². The molecule has 1 saturated heterocycles. The second kappa shape index (κ2) is 7.18. The van der Waals surface area contributed by atoms with Gasteiger partial charge in [-0.25, -0.2) is 0 Å². The molecule has 1 aliphatic heterocycles. The van der Waals surface area contributed by atoms with Crippen LogP contribution in [0.1, 0.15) is 37.6 Å². The van der Waals surface area contributed by atoms with Crippen LogP contribution in [0.4, 0.5) is 0 Å². The number of likely N-dealkylation sites (tertiary alicyclic amines) is 1. The van der Waals surface area contributed by atoms with Gasteiger partial charge < -0.3 is 10.5 Å². The van der Waals surface area contributed by atoms with E-state index in [1.54, 1.807) is 11.3 Å². The number of halogens is 1. The predicted octanol–water partition coefficient (Wildman–Crippen LogP) is 3.40. The molecule has 0 amide bonds. The number of hydrogen-bond acceptors (Lipinski definition) is 4. The Morgan fingerprint density at radius 1 is 1.47 bits per heavy atom. The van der Waals surface area contributed by atoms with Crippen LogP contribution in [-0.4, -0.2) is 36.7 Å². The van der Waals surface area contributed by atoms with Gasteiger partial charge in [-0.1, -0.05) is 0 Å². The maximum atomic E-state index is 6.22. The first-order valence-electron chi connectivity index (χ1n) is 6.98. The quantitative estimate of drug-likeness (QED) is 0.887. The van der Waals surface area contributed by atoms with Crippen LogP contribution >= 0.6 is 27.3 Å². The minimum atomic E-state index is 0.147. The van der Waals surface area contributed by atoms with Gasteiger partial charge in [0.15, 0.2) is 0 Å². The summed E-state index contributed by atoms with van der Waals surface area (Å²) in [5.74, 6) is 0. The van der Waals surface area contributed by atoms with Crippen LogP contribution < -0.4 is 5.73 Å². The molecule has 108 valence electrons. The van der Waals surface area contributed by atoms with E-state index in [4.69, 9.17) is 10.5 Å². The summed E-state index contributed by atoms with van der Waals surface area (Å²) in [6.07, 6.45) is 2.66. The van der Waals surface area contributed by atoms with Crippen molar-refractivity contribution in [1.29, 1.82) is 0 Å². The minimum absolute atomic E-state index is 0.147. The van der Waals surface area contributed by atoms with E-state index in [-0.39, 0.29) is 6.04 Å². The fourth-order valence-electron chi connectivity index (χ4n) is 2.82. The molecule has 0 spiro atoms. The number of ether oxygens (including phenoxy) is 1. The van der Waals surface area contributed by atoms with Gasteiger partial charge in [0.1, 0.15) is 0 Å². The molecule has 0 bridgehead atoms. The lowest BCUT2D eigenvalue weighted by molar-refractivity contribution is 0.00162. The number of piperidine rings is 1. The molecule has 2 heterocycles. The first-order valence-corrected chi connectivity index (χ1v) is 8.59. The molecule has 0 aliphatic carbocycles. The van der Waals surface area contributed by atoms with Crippen LogP contribution in [-0.2, 0) is 4.74 Å². The molecule has 2 unspecified atom stereocenters. The predicted molar refractivity (Wildman–Crippen MR) is 84.6 cm³/mol. The van der Waals surface area contributed by atoms with E-state index in [0.717, 1.165) is 32.5 Å². The molecule has 3 nitrogen and oxygen atoms in total. The van der Waals surface area contributed by atoms with Crippen LogP contribution in [0.3, 0.4) is 0 Å². The third-order valence-corrected chi connectivity index (χ3v) is 5.35. The molecule has 2 rings (SSSR count). The van der Waals surface area contributed by atoms with Crippen molar-refractivity contribution in [2.45, 2.75) is 44.9 Å². The Bertz CT molecular complexity index is 389. The highest BCUT2D eigenvalue weighted by Gasteiger charge is 2.29.